The number of carbonyl (C=O) groups excluding carboxylic acids is 1. The Labute approximate surface area is 178 Å². The lowest BCUT2D eigenvalue weighted by atomic mass is 10.1. The zero-order valence-corrected chi connectivity index (χ0v) is 16.7. The number of thiophene rings is 1. The third-order valence-electron chi connectivity index (χ3n) is 4.31. The van der Waals surface area contributed by atoms with Gasteiger partial charge in [-0.2, -0.15) is 29.6 Å². The number of anilines is 1. The summed E-state index contributed by atoms with van der Waals surface area (Å²) in [5.41, 5.74) is 0.255. The van der Waals surface area contributed by atoms with Gasteiger partial charge in [0.25, 0.3) is 5.91 Å². The molecule has 1 N–H and O–H groups in total. The Balaban J connectivity index is 1.67. The number of nitrogens with one attached hydrogen (secondary N) is 1. The van der Waals surface area contributed by atoms with Crippen molar-refractivity contribution in [1.82, 2.24) is 20.0 Å². The number of aromatic nitrogens is 4. The van der Waals surface area contributed by atoms with Crippen molar-refractivity contribution < 1.29 is 22.7 Å². The molecule has 0 saturated carbocycles. The third kappa shape index (κ3) is 4.26. The summed E-state index contributed by atoms with van der Waals surface area (Å²) in [5.74, 6) is -1.01. The molecule has 0 atom stereocenters. The molecule has 11 heteroatoms. The molecule has 7 nitrogen and oxygen atoms in total. The van der Waals surface area contributed by atoms with E-state index < -0.39 is 23.3 Å². The number of ether oxygens (including phenoxy) is 1. The van der Waals surface area contributed by atoms with Crippen molar-refractivity contribution in [2.24, 2.45) is 0 Å². The number of amides is 1. The maximum atomic E-state index is 13.8. The normalized spacial score (nSPS) is 11.4. The standard InChI is InChI=1S/C20H14F3N5O2S/c1-30-17-6-5-16(26-27-17)28-18(20(21,22)23)15(10-24-28)19(29)25-14-4-2-3-12(9-14)13-7-8-31-11-13/h2-11H,1H3,(H,25,29). The predicted octanol–water partition coefficient (Wildman–Crippen LogP) is 4.67. The van der Waals surface area contributed by atoms with Crippen molar-refractivity contribution in [2.45, 2.75) is 6.18 Å². The molecule has 4 rings (SSSR count). The Morgan fingerprint density at radius 3 is 2.61 bits per heavy atom. The highest BCUT2D eigenvalue weighted by atomic mass is 32.1. The molecule has 0 unspecified atom stereocenters. The van der Waals surface area contributed by atoms with E-state index in [1.807, 2.05) is 22.9 Å². The van der Waals surface area contributed by atoms with E-state index in [9.17, 15) is 18.0 Å². The summed E-state index contributed by atoms with van der Waals surface area (Å²) in [6.45, 7) is 0. The van der Waals surface area contributed by atoms with Crippen molar-refractivity contribution in [3.05, 3.63) is 70.7 Å². The van der Waals surface area contributed by atoms with Crippen LogP contribution in [-0.2, 0) is 6.18 Å². The molecule has 31 heavy (non-hydrogen) atoms. The zero-order chi connectivity index (χ0) is 22.0. The minimum absolute atomic E-state index is 0.132. The molecule has 0 aliphatic rings. The van der Waals surface area contributed by atoms with E-state index in [4.69, 9.17) is 4.74 Å². The molecule has 0 radical (unpaired) electrons. The lowest BCUT2D eigenvalue weighted by Gasteiger charge is -2.12. The first-order valence-corrected chi connectivity index (χ1v) is 9.78. The van der Waals surface area contributed by atoms with Crippen molar-refractivity contribution in [3.8, 4) is 22.8 Å². The topological polar surface area (TPSA) is 81.9 Å². The lowest BCUT2D eigenvalue weighted by Crippen LogP contribution is -2.21. The van der Waals surface area contributed by atoms with Gasteiger partial charge in [0, 0.05) is 11.8 Å². The van der Waals surface area contributed by atoms with Gasteiger partial charge in [-0.1, -0.05) is 12.1 Å². The van der Waals surface area contributed by atoms with Crippen LogP contribution in [0.5, 0.6) is 5.88 Å². The SMILES string of the molecule is COc1ccc(-n2ncc(C(=O)Nc3cccc(-c4ccsc4)c3)c2C(F)(F)F)nn1. The van der Waals surface area contributed by atoms with Gasteiger partial charge in [0.1, 0.15) is 0 Å². The van der Waals surface area contributed by atoms with Gasteiger partial charge in [0.05, 0.1) is 18.9 Å². The fraction of sp³-hybridized carbons (Fsp3) is 0.100. The number of benzene rings is 1. The number of nitrogens with zero attached hydrogens (tertiary/aromatic N) is 4. The molecule has 0 fully saturated rings. The highest BCUT2D eigenvalue weighted by molar-refractivity contribution is 7.08. The van der Waals surface area contributed by atoms with Crippen molar-refractivity contribution >= 4 is 22.9 Å². The highest BCUT2D eigenvalue weighted by Crippen LogP contribution is 2.34. The molecule has 0 saturated heterocycles. The second-order valence-electron chi connectivity index (χ2n) is 6.30. The predicted molar refractivity (Wildman–Crippen MR) is 108 cm³/mol. The Morgan fingerprint density at radius 1 is 1.13 bits per heavy atom. The van der Waals surface area contributed by atoms with E-state index in [0.717, 1.165) is 17.3 Å². The van der Waals surface area contributed by atoms with Gasteiger partial charge in [-0.05, 0) is 46.2 Å². The Bertz CT molecular complexity index is 1200. The average molecular weight is 445 g/mol. The number of hydrogen-bond acceptors (Lipinski definition) is 6. The van der Waals surface area contributed by atoms with Crippen molar-refractivity contribution in [3.63, 3.8) is 0 Å². The molecule has 0 aliphatic heterocycles. The molecule has 3 heterocycles. The van der Waals surface area contributed by atoms with Crippen LogP contribution in [0, 0.1) is 0 Å². The Kier molecular flexibility index (Phi) is 5.42. The number of rotatable bonds is 5. The van der Waals surface area contributed by atoms with Gasteiger partial charge in [-0.25, -0.2) is 4.68 Å². The largest absolute Gasteiger partial charge is 0.480 e. The maximum Gasteiger partial charge on any atom is 0.434 e. The Morgan fingerprint density at radius 2 is 1.97 bits per heavy atom. The number of carbonyl (C=O) groups is 1. The smallest absolute Gasteiger partial charge is 0.434 e. The second kappa shape index (κ2) is 8.19. The molecule has 3 aromatic heterocycles. The van der Waals surface area contributed by atoms with E-state index in [-0.39, 0.29) is 11.7 Å². The van der Waals surface area contributed by atoms with Gasteiger partial charge in [0.15, 0.2) is 11.5 Å². The van der Waals surface area contributed by atoms with Crippen molar-refractivity contribution in [2.75, 3.05) is 12.4 Å². The van der Waals surface area contributed by atoms with E-state index >= 15 is 0 Å². The van der Waals surface area contributed by atoms with Crippen LogP contribution >= 0.6 is 11.3 Å². The van der Waals surface area contributed by atoms with Crippen LogP contribution < -0.4 is 10.1 Å². The lowest BCUT2D eigenvalue weighted by molar-refractivity contribution is -0.143. The van der Waals surface area contributed by atoms with Crippen LogP contribution in [0.2, 0.25) is 0 Å². The second-order valence-corrected chi connectivity index (χ2v) is 7.08. The third-order valence-corrected chi connectivity index (χ3v) is 4.99. The van der Waals surface area contributed by atoms with Crippen LogP contribution in [0.4, 0.5) is 18.9 Å². The van der Waals surface area contributed by atoms with Gasteiger partial charge in [-0.15, -0.1) is 10.2 Å². The van der Waals surface area contributed by atoms with Gasteiger partial charge in [-0.3, -0.25) is 4.79 Å². The first-order valence-electron chi connectivity index (χ1n) is 8.84. The van der Waals surface area contributed by atoms with E-state index in [1.54, 1.807) is 18.2 Å². The summed E-state index contributed by atoms with van der Waals surface area (Å²) in [4.78, 5) is 12.7. The molecule has 1 aromatic carbocycles. The Hall–Kier alpha value is -3.73. The quantitative estimate of drug-likeness (QED) is 0.483. The summed E-state index contributed by atoms with van der Waals surface area (Å²) in [7, 11) is 1.36. The summed E-state index contributed by atoms with van der Waals surface area (Å²) in [6, 6.07) is 11.4. The fourth-order valence-electron chi connectivity index (χ4n) is 2.90. The maximum absolute atomic E-state index is 13.8. The summed E-state index contributed by atoms with van der Waals surface area (Å²) in [6.07, 6.45) is -4.00. The molecule has 0 aliphatic carbocycles. The van der Waals surface area contributed by atoms with Crippen LogP contribution in [0.15, 0.2) is 59.4 Å². The molecular formula is C20H14F3N5O2S. The van der Waals surface area contributed by atoms with E-state index in [0.29, 0.717) is 10.4 Å². The number of hydrogen-bond donors (Lipinski definition) is 1. The first kappa shape index (κ1) is 20.5. The molecule has 0 bridgehead atoms. The number of halogens is 3. The molecule has 1 amide bonds. The minimum Gasteiger partial charge on any atom is -0.480 e. The van der Waals surface area contributed by atoms with Crippen LogP contribution in [-0.4, -0.2) is 33.0 Å². The van der Waals surface area contributed by atoms with Crippen molar-refractivity contribution in [1.29, 1.82) is 0 Å². The first-order chi connectivity index (χ1) is 14.9. The summed E-state index contributed by atoms with van der Waals surface area (Å²) >= 11 is 1.52. The average Bonchev–Trinajstić information content (AvgIpc) is 3.44. The van der Waals surface area contributed by atoms with Gasteiger partial charge >= 0.3 is 6.18 Å². The number of alkyl halides is 3. The van der Waals surface area contributed by atoms with Gasteiger partial charge < -0.3 is 10.1 Å². The molecule has 4 aromatic rings. The highest BCUT2D eigenvalue weighted by Gasteiger charge is 2.41. The summed E-state index contributed by atoms with van der Waals surface area (Å²) in [5, 5.41) is 17.4. The van der Waals surface area contributed by atoms with Crippen LogP contribution in [0.25, 0.3) is 16.9 Å². The van der Waals surface area contributed by atoms with E-state index in [1.165, 1.54) is 30.6 Å². The van der Waals surface area contributed by atoms with E-state index in [2.05, 4.69) is 20.6 Å². The minimum atomic E-state index is -4.86. The summed E-state index contributed by atoms with van der Waals surface area (Å²) < 4.78 is 46.8. The van der Waals surface area contributed by atoms with Gasteiger partial charge in [0.2, 0.25) is 5.88 Å². The molecular weight excluding hydrogens is 431 g/mol. The fourth-order valence-corrected chi connectivity index (χ4v) is 3.56. The zero-order valence-electron chi connectivity index (χ0n) is 15.9. The number of methoxy groups -OCH3 is 1. The van der Waals surface area contributed by atoms with Crippen LogP contribution in [0.3, 0.4) is 0 Å². The van der Waals surface area contributed by atoms with Crippen LogP contribution in [0.1, 0.15) is 16.1 Å². The molecule has 158 valence electrons. The molecule has 0 spiro atoms. The monoisotopic (exact) mass is 445 g/mol.